The van der Waals surface area contributed by atoms with Crippen LogP contribution in [0.1, 0.15) is 0 Å². The lowest BCUT2D eigenvalue weighted by Crippen LogP contribution is -2.23. The monoisotopic (exact) mass is 259 g/mol. The van der Waals surface area contributed by atoms with Gasteiger partial charge in [0.25, 0.3) is 0 Å². The van der Waals surface area contributed by atoms with Crippen molar-refractivity contribution < 1.29 is 18.3 Å². The van der Waals surface area contributed by atoms with Crippen molar-refractivity contribution in [3.63, 3.8) is 0 Å². The molecule has 1 aliphatic rings. The molecule has 0 saturated carbocycles. The first kappa shape index (κ1) is 12.2. The van der Waals surface area contributed by atoms with Crippen molar-refractivity contribution in [2.75, 3.05) is 30.5 Å². The summed E-state index contributed by atoms with van der Waals surface area (Å²) in [7, 11) is 0. The van der Waals surface area contributed by atoms with Gasteiger partial charge in [0.1, 0.15) is 12.4 Å². The zero-order chi connectivity index (χ0) is 12.3. The summed E-state index contributed by atoms with van der Waals surface area (Å²) in [5, 5.41) is 0. The number of nitrogens with zero attached hydrogens (tertiary/aromatic N) is 1. The average Bonchev–Trinajstić information content (AvgIpc) is 2.74. The molecule has 0 aliphatic carbocycles. The van der Waals surface area contributed by atoms with Crippen molar-refractivity contribution in [2.45, 2.75) is 4.90 Å². The lowest BCUT2D eigenvalue weighted by molar-refractivity contribution is 0.181. The van der Waals surface area contributed by atoms with Gasteiger partial charge in [0.05, 0.1) is 18.9 Å². The van der Waals surface area contributed by atoms with Gasteiger partial charge in [-0.25, -0.2) is 9.18 Å². The van der Waals surface area contributed by atoms with Crippen LogP contribution in [0, 0.1) is 5.82 Å². The number of alkyl halides is 1. The first-order valence-electron chi connectivity index (χ1n) is 5.15. The van der Waals surface area contributed by atoms with Crippen molar-refractivity contribution >= 4 is 23.5 Å². The lowest BCUT2D eigenvalue weighted by Gasteiger charge is -2.13. The third-order valence-electron chi connectivity index (χ3n) is 2.32. The zero-order valence-electron chi connectivity index (χ0n) is 8.99. The fourth-order valence-corrected chi connectivity index (χ4v) is 2.21. The minimum Gasteiger partial charge on any atom is -0.447 e. The minimum atomic E-state index is -0.496. The molecule has 1 fully saturated rings. The molecule has 0 bridgehead atoms. The molecule has 92 valence electrons. The molecule has 1 aromatic carbocycles. The summed E-state index contributed by atoms with van der Waals surface area (Å²) in [4.78, 5) is 13.0. The van der Waals surface area contributed by atoms with Gasteiger partial charge in [-0.15, -0.1) is 11.8 Å². The fraction of sp³-hybridized carbons (Fsp3) is 0.364. The van der Waals surface area contributed by atoms with Gasteiger partial charge >= 0.3 is 6.09 Å². The molecule has 17 heavy (non-hydrogen) atoms. The SMILES string of the molecule is O=C1OCCN1c1ccc(SCCF)c(F)c1. The van der Waals surface area contributed by atoms with E-state index in [0.717, 1.165) is 11.8 Å². The standard InChI is InChI=1S/C11H11F2NO2S/c12-3-6-17-10-2-1-8(7-9(10)13)14-4-5-16-11(14)15/h1-2,7H,3-6H2. The highest BCUT2D eigenvalue weighted by Crippen LogP contribution is 2.27. The maximum absolute atomic E-state index is 13.6. The molecule has 3 nitrogen and oxygen atoms in total. The van der Waals surface area contributed by atoms with E-state index in [9.17, 15) is 13.6 Å². The predicted molar refractivity (Wildman–Crippen MR) is 61.8 cm³/mol. The maximum atomic E-state index is 13.6. The Hall–Kier alpha value is -1.30. The van der Waals surface area contributed by atoms with Crippen molar-refractivity contribution in [1.82, 2.24) is 0 Å². The summed E-state index contributed by atoms with van der Waals surface area (Å²) in [6, 6.07) is 4.46. The van der Waals surface area contributed by atoms with Crippen molar-refractivity contribution in [1.29, 1.82) is 0 Å². The summed E-state index contributed by atoms with van der Waals surface area (Å²) >= 11 is 1.11. The number of carbonyl (C=O) groups is 1. The van der Waals surface area contributed by atoms with Crippen LogP contribution in [-0.2, 0) is 4.74 Å². The maximum Gasteiger partial charge on any atom is 0.414 e. The molecular weight excluding hydrogens is 248 g/mol. The Bertz CT molecular complexity index is 428. The van der Waals surface area contributed by atoms with E-state index >= 15 is 0 Å². The van der Waals surface area contributed by atoms with Gasteiger partial charge in [-0.05, 0) is 18.2 Å². The largest absolute Gasteiger partial charge is 0.447 e. The summed E-state index contributed by atoms with van der Waals surface area (Å²) in [5.41, 5.74) is 0.467. The Kier molecular flexibility index (Phi) is 3.83. The quantitative estimate of drug-likeness (QED) is 0.779. The Morgan fingerprint density at radius 3 is 2.88 bits per heavy atom. The number of thioether (sulfide) groups is 1. The Morgan fingerprint density at radius 2 is 2.29 bits per heavy atom. The molecule has 0 atom stereocenters. The lowest BCUT2D eigenvalue weighted by atomic mass is 10.3. The molecular formula is C11H11F2NO2S. The number of anilines is 1. The molecule has 0 aromatic heterocycles. The van der Waals surface area contributed by atoms with Crippen molar-refractivity contribution in [2.24, 2.45) is 0 Å². The van der Waals surface area contributed by atoms with E-state index < -0.39 is 18.6 Å². The van der Waals surface area contributed by atoms with E-state index in [1.165, 1.54) is 11.0 Å². The number of carbonyl (C=O) groups excluding carboxylic acids is 1. The van der Waals surface area contributed by atoms with Crippen LogP contribution in [0.25, 0.3) is 0 Å². The highest BCUT2D eigenvalue weighted by molar-refractivity contribution is 7.99. The number of hydrogen-bond donors (Lipinski definition) is 0. The van der Waals surface area contributed by atoms with Crippen LogP contribution in [0.3, 0.4) is 0 Å². The van der Waals surface area contributed by atoms with Crippen molar-refractivity contribution in [3.8, 4) is 0 Å². The Labute approximate surface area is 102 Å². The van der Waals surface area contributed by atoms with E-state index in [0.29, 0.717) is 23.7 Å². The zero-order valence-corrected chi connectivity index (χ0v) is 9.80. The smallest absolute Gasteiger partial charge is 0.414 e. The van der Waals surface area contributed by atoms with Gasteiger partial charge in [0.2, 0.25) is 0 Å². The Morgan fingerprint density at radius 1 is 1.47 bits per heavy atom. The molecule has 2 rings (SSSR count). The molecule has 6 heteroatoms. The number of amides is 1. The van der Waals surface area contributed by atoms with Crippen LogP contribution >= 0.6 is 11.8 Å². The second-order valence-electron chi connectivity index (χ2n) is 3.42. The van der Waals surface area contributed by atoms with Gasteiger partial charge in [-0.3, -0.25) is 9.29 Å². The molecule has 1 heterocycles. The van der Waals surface area contributed by atoms with Gasteiger partial charge < -0.3 is 4.74 Å². The summed E-state index contributed by atoms with van der Waals surface area (Å²) in [6.45, 7) is 0.248. The first-order chi connectivity index (χ1) is 8.22. The number of halogens is 2. The van der Waals surface area contributed by atoms with E-state index in [-0.39, 0.29) is 5.75 Å². The second kappa shape index (κ2) is 5.35. The minimum absolute atomic E-state index is 0.224. The van der Waals surface area contributed by atoms with Gasteiger partial charge in [0, 0.05) is 10.6 Å². The van der Waals surface area contributed by atoms with Crippen LogP contribution in [0.5, 0.6) is 0 Å². The van der Waals surface area contributed by atoms with Crippen LogP contribution in [0.2, 0.25) is 0 Å². The highest BCUT2D eigenvalue weighted by Gasteiger charge is 2.24. The summed E-state index contributed by atoms with van der Waals surface area (Å²) < 4.78 is 30.4. The average molecular weight is 259 g/mol. The molecule has 0 unspecified atom stereocenters. The Balaban J connectivity index is 2.15. The molecule has 1 saturated heterocycles. The predicted octanol–water partition coefficient (Wildman–Crippen LogP) is 2.84. The topological polar surface area (TPSA) is 29.5 Å². The van der Waals surface area contributed by atoms with Crippen molar-refractivity contribution in [3.05, 3.63) is 24.0 Å². The van der Waals surface area contributed by atoms with Gasteiger partial charge in [-0.1, -0.05) is 0 Å². The highest BCUT2D eigenvalue weighted by atomic mass is 32.2. The van der Waals surface area contributed by atoms with E-state index in [2.05, 4.69) is 0 Å². The van der Waals surface area contributed by atoms with Gasteiger partial charge in [0.15, 0.2) is 0 Å². The molecule has 0 radical (unpaired) electrons. The second-order valence-corrected chi connectivity index (χ2v) is 4.55. The molecule has 1 aliphatic heterocycles. The van der Waals surface area contributed by atoms with E-state index in [4.69, 9.17) is 4.74 Å². The molecule has 0 spiro atoms. The summed E-state index contributed by atoms with van der Waals surface area (Å²) in [5.74, 6) is -0.220. The van der Waals surface area contributed by atoms with Crippen LogP contribution in [0.4, 0.5) is 19.3 Å². The normalized spacial score (nSPS) is 15.2. The molecule has 1 amide bonds. The van der Waals surface area contributed by atoms with E-state index in [1.807, 2.05) is 0 Å². The van der Waals surface area contributed by atoms with Crippen LogP contribution in [0.15, 0.2) is 23.1 Å². The van der Waals surface area contributed by atoms with Crippen LogP contribution < -0.4 is 4.90 Å². The number of cyclic esters (lactones) is 1. The van der Waals surface area contributed by atoms with Crippen LogP contribution in [-0.4, -0.2) is 31.7 Å². The number of ether oxygens (including phenoxy) is 1. The number of benzene rings is 1. The van der Waals surface area contributed by atoms with Gasteiger partial charge in [-0.2, -0.15) is 0 Å². The number of hydrogen-bond acceptors (Lipinski definition) is 3. The number of rotatable bonds is 4. The first-order valence-corrected chi connectivity index (χ1v) is 6.13. The molecule has 0 N–H and O–H groups in total. The summed E-state index contributed by atoms with van der Waals surface area (Å²) in [6.07, 6.45) is -0.464. The van der Waals surface area contributed by atoms with E-state index in [1.54, 1.807) is 12.1 Å². The third kappa shape index (κ3) is 2.69. The third-order valence-corrected chi connectivity index (χ3v) is 3.32. The molecule has 1 aromatic rings. The fourth-order valence-electron chi connectivity index (χ4n) is 1.55.